The average molecular weight is 333 g/mol. The summed E-state index contributed by atoms with van der Waals surface area (Å²) in [6.07, 6.45) is 0.723. The number of carbonyl (C=O) groups is 3. The fraction of sp³-hybridized carbons (Fsp3) is 0.471. The number of rotatable bonds is 8. The van der Waals surface area contributed by atoms with E-state index in [0.717, 1.165) is 11.3 Å². The molecule has 7 nitrogen and oxygen atoms in total. The molecule has 1 N–H and O–H groups in total. The second kappa shape index (κ2) is 8.33. The predicted molar refractivity (Wildman–Crippen MR) is 88.7 cm³/mol. The van der Waals surface area contributed by atoms with E-state index in [4.69, 9.17) is 4.74 Å². The molecule has 1 aliphatic rings. The van der Waals surface area contributed by atoms with Crippen molar-refractivity contribution in [1.82, 2.24) is 15.1 Å². The molecule has 0 saturated carbocycles. The van der Waals surface area contributed by atoms with Crippen LogP contribution in [0.15, 0.2) is 24.3 Å². The molecular formula is C17H23N3O4. The third-order valence-electron chi connectivity index (χ3n) is 3.73. The first kappa shape index (κ1) is 17.8. The van der Waals surface area contributed by atoms with Gasteiger partial charge < -0.3 is 15.0 Å². The minimum atomic E-state index is -0.299. The summed E-state index contributed by atoms with van der Waals surface area (Å²) in [5.74, 6) is 0.439. The lowest BCUT2D eigenvalue weighted by atomic mass is 10.2. The summed E-state index contributed by atoms with van der Waals surface area (Å²) in [5.41, 5.74) is 1.16. The van der Waals surface area contributed by atoms with Gasteiger partial charge in [-0.3, -0.25) is 14.5 Å². The summed E-state index contributed by atoms with van der Waals surface area (Å²) >= 11 is 0. The maximum atomic E-state index is 11.7. The summed E-state index contributed by atoms with van der Waals surface area (Å²) in [4.78, 5) is 37.5. The topological polar surface area (TPSA) is 79.0 Å². The Kier molecular flexibility index (Phi) is 6.17. The first-order chi connectivity index (χ1) is 11.5. The molecular weight excluding hydrogens is 310 g/mol. The Balaban J connectivity index is 1.57. The van der Waals surface area contributed by atoms with E-state index in [-0.39, 0.29) is 37.4 Å². The van der Waals surface area contributed by atoms with E-state index in [1.54, 1.807) is 7.05 Å². The van der Waals surface area contributed by atoms with Gasteiger partial charge >= 0.3 is 6.03 Å². The highest BCUT2D eigenvalue weighted by molar-refractivity contribution is 6.01. The third-order valence-corrected chi connectivity index (χ3v) is 3.73. The first-order valence-corrected chi connectivity index (χ1v) is 7.99. The van der Waals surface area contributed by atoms with Crippen LogP contribution in [0.5, 0.6) is 5.75 Å². The molecule has 1 aromatic carbocycles. The summed E-state index contributed by atoms with van der Waals surface area (Å²) in [7, 11) is 1.58. The van der Waals surface area contributed by atoms with Crippen LogP contribution in [-0.4, -0.2) is 60.9 Å². The maximum Gasteiger partial charge on any atom is 0.326 e. The molecule has 0 atom stereocenters. The van der Waals surface area contributed by atoms with Gasteiger partial charge in [0.1, 0.15) is 18.9 Å². The van der Waals surface area contributed by atoms with Crippen molar-refractivity contribution in [3.05, 3.63) is 29.8 Å². The van der Waals surface area contributed by atoms with Gasteiger partial charge in [0.15, 0.2) is 0 Å². The number of carbonyl (C=O) groups excluding carboxylic acids is 3. The van der Waals surface area contributed by atoms with Crippen molar-refractivity contribution in [2.45, 2.75) is 19.8 Å². The number of likely N-dealkylation sites (N-methyl/N-ethyl adjacent to an activating group) is 1. The molecule has 4 amide bonds. The van der Waals surface area contributed by atoms with E-state index in [0.29, 0.717) is 19.6 Å². The normalized spacial score (nSPS) is 14.2. The Bertz CT molecular complexity index is 600. The van der Waals surface area contributed by atoms with Gasteiger partial charge in [-0.15, -0.1) is 0 Å². The van der Waals surface area contributed by atoms with Gasteiger partial charge in [0.25, 0.3) is 0 Å². The van der Waals surface area contributed by atoms with Crippen LogP contribution < -0.4 is 10.1 Å². The number of ether oxygens (including phenoxy) is 1. The van der Waals surface area contributed by atoms with Crippen LogP contribution in [0, 0.1) is 6.92 Å². The summed E-state index contributed by atoms with van der Waals surface area (Å²) in [6, 6.07) is 7.40. The largest absolute Gasteiger partial charge is 0.492 e. The molecule has 2 rings (SSSR count). The minimum absolute atomic E-state index is 0.112. The van der Waals surface area contributed by atoms with Gasteiger partial charge in [-0.2, -0.15) is 0 Å². The number of hydrogen-bond acceptors (Lipinski definition) is 4. The van der Waals surface area contributed by atoms with Crippen molar-refractivity contribution in [2.75, 3.05) is 33.3 Å². The number of urea groups is 1. The predicted octanol–water partition coefficient (Wildman–Crippen LogP) is 1.16. The van der Waals surface area contributed by atoms with Crippen molar-refractivity contribution >= 4 is 17.8 Å². The SMILES string of the molecule is Cc1ccc(OCCNC(=O)CCCN2C(=O)CN(C)C2=O)cc1. The Morgan fingerprint density at radius 2 is 1.96 bits per heavy atom. The van der Waals surface area contributed by atoms with E-state index in [1.807, 2.05) is 31.2 Å². The van der Waals surface area contributed by atoms with Crippen molar-refractivity contribution in [2.24, 2.45) is 0 Å². The fourth-order valence-electron chi connectivity index (χ4n) is 2.37. The number of imide groups is 1. The maximum absolute atomic E-state index is 11.7. The van der Waals surface area contributed by atoms with Gasteiger partial charge in [0, 0.05) is 20.0 Å². The van der Waals surface area contributed by atoms with Crippen LogP contribution in [0.4, 0.5) is 4.79 Å². The molecule has 24 heavy (non-hydrogen) atoms. The van der Waals surface area contributed by atoms with E-state index in [9.17, 15) is 14.4 Å². The highest BCUT2D eigenvalue weighted by Crippen LogP contribution is 2.11. The van der Waals surface area contributed by atoms with Crippen LogP contribution in [0.25, 0.3) is 0 Å². The molecule has 0 spiro atoms. The van der Waals surface area contributed by atoms with Crippen LogP contribution >= 0.6 is 0 Å². The molecule has 0 unspecified atom stereocenters. The molecule has 0 aliphatic carbocycles. The Labute approximate surface area is 141 Å². The lowest BCUT2D eigenvalue weighted by molar-refractivity contribution is -0.126. The third kappa shape index (κ3) is 4.97. The molecule has 1 saturated heterocycles. The molecule has 1 aromatic rings. The number of hydrogen-bond donors (Lipinski definition) is 1. The minimum Gasteiger partial charge on any atom is -0.492 e. The number of nitrogens with one attached hydrogen (secondary N) is 1. The smallest absolute Gasteiger partial charge is 0.326 e. The molecule has 1 heterocycles. The van der Waals surface area contributed by atoms with Crippen LogP contribution in [0.1, 0.15) is 18.4 Å². The van der Waals surface area contributed by atoms with Gasteiger partial charge in [0.2, 0.25) is 11.8 Å². The standard InChI is InChI=1S/C17H23N3O4/c1-13-5-7-14(8-6-13)24-11-9-18-15(21)4-3-10-20-16(22)12-19(2)17(20)23/h5-8H,3-4,9-12H2,1-2H3,(H,18,21). The summed E-state index contributed by atoms with van der Waals surface area (Å²) in [6.45, 7) is 3.20. The van der Waals surface area contributed by atoms with E-state index < -0.39 is 0 Å². The zero-order valence-electron chi connectivity index (χ0n) is 14.1. The van der Waals surface area contributed by atoms with Crippen LogP contribution in [0.3, 0.4) is 0 Å². The van der Waals surface area contributed by atoms with E-state index >= 15 is 0 Å². The molecule has 1 fully saturated rings. The molecule has 130 valence electrons. The Hall–Kier alpha value is -2.57. The molecule has 0 radical (unpaired) electrons. The van der Waals surface area contributed by atoms with Crippen molar-refractivity contribution in [3.8, 4) is 5.75 Å². The highest BCUT2D eigenvalue weighted by Gasteiger charge is 2.32. The van der Waals surface area contributed by atoms with Gasteiger partial charge in [-0.25, -0.2) is 4.79 Å². The van der Waals surface area contributed by atoms with Gasteiger partial charge in [-0.1, -0.05) is 17.7 Å². The molecule has 1 aliphatic heterocycles. The highest BCUT2D eigenvalue weighted by atomic mass is 16.5. The number of aryl methyl sites for hydroxylation is 1. The lowest BCUT2D eigenvalue weighted by Crippen LogP contribution is -2.34. The quantitative estimate of drug-likeness (QED) is 0.572. The zero-order chi connectivity index (χ0) is 17.5. The monoisotopic (exact) mass is 333 g/mol. The Morgan fingerprint density at radius 1 is 1.25 bits per heavy atom. The van der Waals surface area contributed by atoms with Crippen molar-refractivity contribution in [3.63, 3.8) is 0 Å². The van der Waals surface area contributed by atoms with Crippen molar-refractivity contribution < 1.29 is 19.1 Å². The Morgan fingerprint density at radius 3 is 2.58 bits per heavy atom. The van der Waals surface area contributed by atoms with Crippen molar-refractivity contribution in [1.29, 1.82) is 0 Å². The van der Waals surface area contributed by atoms with E-state index in [2.05, 4.69) is 5.32 Å². The molecule has 0 aromatic heterocycles. The first-order valence-electron chi connectivity index (χ1n) is 7.99. The number of benzene rings is 1. The summed E-state index contributed by atoms with van der Waals surface area (Å²) in [5, 5.41) is 2.76. The average Bonchev–Trinajstić information content (AvgIpc) is 2.79. The molecule has 0 bridgehead atoms. The van der Waals surface area contributed by atoms with Gasteiger partial charge in [-0.05, 0) is 25.5 Å². The molecule has 7 heteroatoms. The van der Waals surface area contributed by atoms with Gasteiger partial charge in [0.05, 0.1) is 6.54 Å². The number of amides is 4. The second-order valence-corrected chi connectivity index (χ2v) is 5.80. The van der Waals surface area contributed by atoms with E-state index in [1.165, 1.54) is 9.80 Å². The lowest BCUT2D eigenvalue weighted by Gasteiger charge is -2.13. The zero-order valence-corrected chi connectivity index (χ0v) is 14.1. The summed E-state index contributed by atoms with van der Waals surface area (Å²) < 4.78 is 5.52. The second-order valence-electron chi connectivity index (χ2n) is 5.80. The fourth-order valence-corrected chi connectivity index (χ4v) is 2.37. The van der Waals surface area contributed by atoms with Crippen LogP contribution in [0.2, 0.25) is 0 Å². The number of nitrogens with zero attached hydrogens (tertiary/aromatic N) is 2. The van der Waals surface area contributed by atoms with Crippen LogP contribution in [-0.2, 0) is 9.59 Å².